The molecule has 29 heavy (non-hydrogen) atoms. The first kappa shape index (κ1) is 19.3. The maximum atomic E-state index is 12.3. The molecule has 0 bridgehead atoms. The van der Waals surface area contributed by atoms with E-state index >= 15 is 0 Å². The van der Waals surface area contributed by atoms with Crippen LogP contribution in [0.4, 0.5) is 0 Å². The van der Waals surface area contributed by atoms with E-state index in [1.54, 1.807) is 19.5 Å². The van der Waals surface area contributed by atoms with Crippen molar-refractivity contribution < 1.29 is 9.53 Å². The Kier molecular flexibility index (Phi) is 5.71. The number of fused-ring (bicyclic) bond motifs is 1. The van der Waals surface area contributed by atoms with E-state index in [0.717, 1.165) is 47.7 Å². The van der Waals surface area contributed by atoms with E-state index in [9.17, 15) is 4.79 Å². The second-order valence-electron chi connectivity index (χ2n) is 7.46. The fraction of sp³-hybridized carbons (Fsp3) is 0.429. The largest absolute Gasteiger partial charge is 0.497 e. The average Bonchev–Trinajstić information content (AvgIpc) is 3.32. The van der Waals surface area contributed by atoms with E-state index < -0.39 is 0 Å². The number of carbonyl (C=O) groups excluding carboxylic acids is 1. The van der Waals surface area contributed by atoms with Crippen molar-refractivity contribution in [2.75, 3.05) is 33.8 Å². The lowest BCUT2D eigenvalue weighted by Gasteiger charge is -2.08. The zero-order valence-corrected chi connectivity index (χ0v) is 16.8. The van der Waals surface area contributed by atoms with Crippen LogP contribution in [0.3, 0.4) is 0 Å². The summed E-state index contributed by atoms with van der Waals surface area (Å²) < 4.78 is 7.01. The quantitative estimate of drug-likeness (QED) is 0.655. The Morgan fingerprint density at radius 1 is 1.24 bits per heavy atom. The molecular weight excluding hydrogens is 368 g/mol. The third-order valence-corrected chi connectivity index (χ3v) is 5.34. The van der Waals surface area contributed by atoms with Crippen LogP contribution < -0.4 is 10.1 Å². The van der Waals surface area contributed by atoms with Gasteiger partial charge in [0.05, 0.1) is 25.8 Å². The van der Waals surface area contributed by atoms with Crippen molar-refractivity contribution in [3.05, 3.63) is 47.9 Å². The maximum Gasteiger partial charge on any atom is 0.224 e. The predicted molar refractivity (Wildman–Crippen MR) is 110 cm³/mol. The fourth-order valence-corrected chi connectivity index (χ4v) is 3.81. The Morgan fingerprint density at radius 3 is 2.76 bits per heavy atom. The van der Waals surface area contributed by atoms with Gasteiger partial charge in [-0.3, -0.25) is 4.79 Å². The lowest BCUT2D eigenvalue weighted by atomic mass is 10.0. The number of amides is 1. The van der Waals surface area contributed by atoms with Gasteiger partial charge in [0.15, 0.2) is 5.65 Å². The highest BCUT2D eigenvalue weighted by Crippen LogP contribution is 2.29. The molecule has 1 unspecified atom stereocenters. The topological polar surface area (TPSA) is 85.2 Å². The molecule has 1 amide bonds. The summed E-state index contributed by atoms with van der Waals surface area (Å²) in [7, 11) is 3.75. The molecule has 1 N–H and O–H groups in total. The lowest BCUT2D eigenvalue weighted by Crippen LogP contribution is -2.29. The number of rotatable bonds is 7. The molecule has 8 nitrogen and oxygen atoms in total. The van der Waals surface area contributed by atoms with Crippen molar-refractivity contribution in [3.63, 3.8) is 0 Å². The highest BCUT2D eigenvalue weighted by molar-refractivity contribution is 5.78. The fourth-order valence-electron chi connectivity index (χ4n) is 3.81. The maximum absolute atomic E-state index is 12.3. The zero-order valence-electron chi connectivity index (χ0n) is 16.8. The second-order valence-corrected chi connectivity index (χ2v) is 7.46. The Balaban J connectivity index is 1.38. The molecule has 0 radical (unpaired) electrons. The molecular formula is C21H26N6O2. The first-order valence-corrected chi connectivity index (χ1v) is 9.89. The van der Waals surface area contributed by atoms with E-state index in [1.165, 1.54) is 0 Å². The Bertz CT molecular complexity index is 985. The number of likely N-dealkylation sites (tertiary alicyclic amines) is 1. The molecule has 3 aromatic rings. The number of hydrogen-bond acceptors (Lipinski definition) is 6. The van der Waals surface area contributed by atoms with Gasteiger partial charge in [-0.1, -0.05) is 12.1 Å². The van der Waals surface area contributed by atoms with E-state index in [0.29, 0.717) is 25.4 Å². The summed E-state index contributed by atoms with van der Waals surface area (Å²) in [6.45, 7) is 3.11. The van der Waals surface area contributed by atoms with Gasteiger partial charge in [-0.05, 0) is 37.7 Å². The molecule has 8 heteroatoms. The highest BCUT2D eigenvalue weighted by Gasteiger charge is 2.27. The molecule has 0 spiro atoms. The van der Waals surface area contributed by atoms with Crippen LogP contribution in [0.25, 0.3) is 11.2 Å². The molecule has 3 heterocycles. The Morgan fingerprint density at radius 2 is 2.03 bits per heavy atom. The summed E-state index contributed by atoms with van der Waals surface area (Å²) in [4.78, 5) is 23.6. The first-order valence-electron chi connectivity index (χ1n) is 9.89. The van der Waals surface area contributed by atoms with Crippen molar-refractivity contribution in [2.24, 2.45) is 0 Å². The number of benzene rings is 1. The molecule has 0 saturated carbocycles. The minimum atomic E-state index is -0.0182. The molecule has 1 aliphatic rings. The molecule has 0 aliphatic carbocycles. The molecule has 1 fully saturated rings. The van der Waals surface area contributed by atoms with Gasteiger partial charge >= 0.3 is 0 Å². The van der Waals surface area contributed by atoms with Crippen molar-refractivity contribution in [3.8, 4) is 5.75 Å². The van der Waals surface area contributed by atoms with Gasteiger partial charge in [0, 0.05) is 31.4 Å². The summed E-state index contributed by atoms with van der Waals surface area (Å²) in [6, 6.07) is 7.53. The van der Waals surface area contributed by atoms with Crippen LogP contribution in [0.1, 0.15) is 23.6 Å². The smallest absolute Gasteiger partial charge is 0.224 e. The van der Waals surface area contributed by atoms with Crippen LogP contribution in [0.2, 0.25) is 0 Å². The molecule has 4 rings (SSSR count). The van der Waals surface area contributed by atoms with Gasteiger partial charge in [-0.25, -0.2) is 14.6 Å². The van der Waals surface area contributed by atoms with E-state index in [-0.39, 0.29) is 5.91 Å². The van der Waals surface area contributed by atoms with Gasteiger partial charge in [-0.15, -0.1) is 0 Å². The summed E-state index contributed by atoms with van der Waals surface area (Å²) in [5.41, 5.74) is 3.62. The third kappa shape index (κ3) is 4.37. The summed E-state index contributed by atoms with van der Waals surface area (Å²) in [6.07, 6.45) is 4.82. The number of ether oxygens (including phenoxy) is 1. The van der Waals surface area contributed by atoms with Crippen molar-refractivity contribution in [1.29, 1.82) is 0 Å². The normalized spacial score (nSPS) is 17.0. The number of nitrogens with zero attached hydrogens (tertiary/aromatic N) is 5. The van der Waals surface area contributed by atoms with Crippen molar-refractivity contribution >= 4 is 17.1 Å². The molecule has 2 aromatic heterocycles. The minimum absolute atomic E-state index is 0.0182. The number of carbonyl (C=O) groups is 1. The number of nitrogens with one attached hydrogen (secondary N) is 1. The van der Waals surface area contributed by atoms with Crippen LogP contribution in [0.15, 0.2) is 36.7 Å². The van der Waals surface area contributed by atoms with Crippen molar-refractivity contribution in [1.82, 2.24) is 30.0 Å². The van der Waals surface area contributed by atoms with Gasteiger partial charge in [0.2, 0.25) is 5.91 Å². The molecule has 1 aliphatic heterocycles. The first-order chi connectivity index (χ1) is 14.1. The average molecular weight is 394 g/mol. The predicted octanol–water partition coefficient (Wildman–Crippen LogP) is 1.61. The van der Waals surface area contributed by atoms with Gasteiger partial charge in [-0.2, -0.15) is 5.10 Å². The van der Waals surface area contributed by atoms with E-state index in [2.05, 4.69) is 27.2 Å². The molecule has 1 atom stereocenters. The van der Waals surface area contributed by atoms with E-state index in [1.807, 2.05) is 28.9 Å². The van der Waals surface area contributed by atoms with Crippen LogP contribution in [-0.2, 0) is 17.8 Å². The van der Waals surface area contributed by atoms with Crippen molar-refractivity contribution in [2.45, 2.75) is 25.3 Å². The summed E-state index contributed by atoms with van der Waals surface area (Å²) in [5.74, 6) is 1.14. The Labute approximate surface area is 169 Å². The lowest BCUT2D eigenvalue weighted by molar-refractivity contribution is -0.120. The zero-order chi connectivity index (χ0) is 20.2. The highest BCUT2D eigenvalue weighted by atomic mass is 16.5. The van der Waals surface area contributed by atoms with Gasteiger partial charge in [0.1, 0.15) is 11.3 Å². The van der Waals surface area contributed by atoms with Crippen LogP contribution in [0.5, 0.6) is 5.75 Å². The van der Waals surface area contributed by atoms with Gasteiger partial charge < -0.3 is 15.0 Å². The van der Waals surface area contributed by atoms with Crippen LogP contribution in [-0.4, -0.2) is 64.3 Å². The van der Waals surface area contributed by atoms with Gasteiger partial charge in [0.25, 0.3) is 0 Å². The van der Waals surface area contributed by atoms with E-state index in [4.69, 9.17) is 9.84 Å². The molecule has 1 aromatic carbocycles. The number of aromatic nitrogens is 4. The molecule has 1 saturated heterocycles. The minimum Gasteiger partial charge on any atom is -0.497 e. The summed E-state index contributed by atoms with van der Waals surface area (Å²) >= 11 is 0. The summed E-state index contributed by atoms with van der Waals surface area (Å²) in [5, 5.41) is 7.78. The number of hydrogen-bond donors (Lipinski definition) is 1. The second kappa shape index (κ2) is 8.57. The standard InChI is InChI=1S/C21H26N6O2/c1-26-11-7-16(14-26)19-20-21(24-9-8-23-20)27(25-19)12-10-22-18(28)13-15-3-5-17(29-2)6-4-15/h3-6,8-9,16H,7,10-14H2,1-2H3,(H,22,28). The number of likely N-dealkylation sites (N-methyl/N-ethyl adjacent to an activating group) is 1. The van der Waals surface area contributed by atoms with Crippen LogP contribution in [0, 0.1) is 0 Å². The van der Waals surface area contributed by atoms with Crippen LogP contribution >= 0.6 is 0 Å². The monoisotopic (exact) mass is 394 g/mol. The Hall–Kier alpha value is -3.00. The SMILES string of the molecule is COc1ccc(CC(=O)NCCn2nc(C3CCN(C)C3)c3nccnc32)cc1. The molecule has 152 valence electrons. The number of methoxy groups -OCH3 is 1. The third-order valence-electron chi connectivity index (χ3n) is 5.34.